The highest BCUT2D eigenvalue weighted by Gasteiger charge is 2.22. The molecule has 0 atom stereocenters. The van der Waals surface area contributed by atoms with E-state index in [4.69, 9.17) is 9.47 Å². The summed E-state index contributed by atoms with van der Waals surface area (Å²) < 4.78 is 24.6. The van der Waals surface area contributed by atoms with Crippen molar-refractivity contribution in [3.8, 4) is 17.2 Å². The van der Waals surface area contributed by atoms with E-state index < -0.39 is 12.8 Å². The van der Waals surface area contributed by atoms with Crippen molar-refractivity contribution in [3.63, 3.8) is 0 Å². The number of benzene rings is 2. The summed E-state index contributed by atoms with van der Waals surface area (Å²) in [5, 5.41) is 10.9. The molecule has 34 heavy (non-hydrogen) atoms. The summed E-state index contributed by atoms with van der Waals surface area (Å²) in [6, 6.07) is 12.0. The van der Waals surface area contributed by atoms with Gasteiger partial charge in [-0.25, -0.2) is 4.79 Å². The number of methoxy groups -OCH3 is 1. The van der Waals surface area contributed by atoms with E-state index >= 15 is 0 Å². The molecular formula is C25H28FN3O5. The number of nitrogens with zero attached hydrogens (tertiary/aromatic N) is 3. The fourth-order valence-electron chi connectivity index (χ4n) is 4.16. The van der Waals surface area contributed by atoms with Crippen molar-refractivity contribution in [2.45, 2.75) is 12.8 Å². The second kappa shape index (κ2) is 10.5. The monoisotopic (exact) mass is 469 g/mol. The molecule has 180 valence electrons. The highest BCUT2D eigenvalue weighted by atomic mass is 19.1. The number of pyridine rings is 1. The summed E-state index contributed by atoms with van der Waals surface area (Å²) in [6.07, 6.45) is 2.22. The van der Waals surface area contributed by atoms with Crippen LogP contribution in [-0.4, -0.2) is 67.2 Å². The van der Waals surface area contributed by atoms with E-state index in [-0.39, 0.29) is 24.3 Å². The van der Waals surface area contributed by atoms with E-state index in [9.17, 15) is 19.1 Å². The highest BCUT2D eigenvalue weighted by Crippen LogP contribution is 2.31. The minimum Gasteiger partial charge on any atom is -0.508 e. The summed E-state index contributed by atoms with van der Waals surface area (Å²) in [5.41, 5.74) is 1.34. The maximum absolute atomic E-state index is 13.0. The van der Waals surface area contributed by atoms with E-state index in [2.05, 4.69) is 4.90 Å². The van der Waals surface area contributed by atoms with Crippen molar-refractivity contribution >= 4 is 22.6 Å². The molecule has 0 radical (unpaired) electrons. The lowest BCUT2D eigenvalue weighted by molar-refractivity contribution is 0.102. The number of phenols is 1. The van der Waals surface area contributed by atoms with Crippen molar-refractivity contribution in [1.29, 1.82) is 0 Å². The number of carbonyl (C=O) groups excluding carboxylic acids is 1. The molecule has 1 fully saturated rings. The van der Waals surface area contributed by atoms with Gasteiger partial charge in [-0.15, -0.1) is 0 Å². The summed E-state index contributed by atoms with van der Waals surface area (Å²) in [7, 11) is 1.58. The van der Waals surface area contributed by atoms with Crippen molar-refractivity contribution in [2.24, 2.45) is 0 Å². The van der Waals surface area contributed by atoms with Crippen molar-refractivity contribution in [2.75, 3.05) is 51.5 Å². The van der Waals surface area contributed by atoms with Crippen LogP contribution in [-0.2, 0) is 4.74 Å². The summed E-state index contributed by atoms with van der Waals surface area (Å²) in [4.78, 5) is 29.0. The minimum atomic E-state index is -0.508. The number of halogens is 1. The molecule has 2 aromatic carbocycles. The lowest BCUT2D eigenvalue weighted by atomic mass is 10.1. The summed E-state index contributed by atoms with van der Waals surface area (Å²) >= 11 is 0. The molecule has 0 saturated carbocycles. The van der Waals surface area contributed by atoms with Gasteiger partial charge in [0.2, 0.25) is 0 Å². The van der Waals surface area contributed by atoms with Crippen LogP contribution in [0.2, 0.25) is 0 Å². The lowest BCUT2D eigenvalue weighted by Gasteiger charge is -2.25. The van der Waals surface area contributed by atoms with Crippen molar-refractivity contribution in [3.05, 3.63) is 59.0 Å². The Morgan fingerprint density at radius 2 is 1.94 bits per heavy atom. The molecule has 3 aromatic rings. The Bertz CT molecular complexity index is 1230. The molecule has 1 amide bonds. The Labute approximate surface area is 196 Å². The second-order valence-electron chi connectivity index (χ2n) is 8.10. The number of fused-ring (bicyclic) bond motifs is 1. The van der Waals surface area contributed by atoms with Gasteiger partial charge in [-0.2, -0.15) is 0 Å². The maximum atomic E-state index is 13.0. The molecule has 0 aliphatic carbocycles. The number of anilines is 1. The van der Waals surface area contributed by atoms with Crippen molar-refractivity contribution < 1.29 is 23.8 Å². The largest absolute Gasteiger partial charge is 0.508 e. The Kier molecular flexibility index (Phi) is 7.20. The average Bonchev–Trinajstić information content (AvgIpc) is 3.10. The fourth-order valence-corrected chi connectivity index (χ4v) is 4.16. The predicted molar refractivity (Wildman–Crippen MR) is 128 cm³/mol. The zero-order chi connectivity index (χ0) is 24.1. The zero-order valence-corrected chi connectivity index (χ0v) is 19.1. The third kappa shape index (κ3) is 4.93. The second-order valence-corrected chi connectivity index (χ2v) is 8.10. The summed E-state index contributed by atoms with van der Waals surface area (Å²) in [6.45, 7) is 1.94. The Morgan fingerprint density at radius 3 is 2.74 bits per heavy atom. The normalized spacial score (nSPS) is 14.2. The van der Waals surface area contributed by atoms with Crippen LogP contribution in [0.25, 0.3) is 16.5 Å². The molecule has 9 heteroatoms. The molecule has 1 saturated heterocycles. The fraction of sp³-hybridized carbons (Fsp3) is 0.360. The Morgan fingerprint density at radius 1 is 1.09 bits per heavy atom. The number of hydrogen-bond acceptors (Lipinski definition) is 6. The number of alkyl halides is 1. The van der Waals surface area contributed by atoms with Crippen LogP contribution >= 0.6 is 0 Å². The van der Waals surface area contributed by atoms with Gasteiger partial charge in [0.15, 0.2) is 0 Å². The number of phenolic OH excluding ortho intramolecular Hbond substituents is 1. The number of rotatable bonds is 6. The van der Waals surface area contributed by atoms with Gasteiger partial charge in [-0.3, -0.25) is 13.8 Å². The molecule has 2 heterocycles. The molecule has 1 aromatic heterocycles. The topological polar surface area (TPSA) is 84.2 Å². The Hall–Kier alpha value is -3.75. The molecule has 1 aliphatic heterocycles. The number of aromatic nitrogens is 1. The Balaban J connectivity index is 1.54. The first-order valence-corrected chi connectivity index (χ1v) is 11.3. The third-order valence-corrected chi connectivity index (χ3v) is 5.93. The van der Waals surface area contributed by atoms with Crippen LogP contribution in [0.4, 0.5) is 14.9 Å². The van der Waals surface area contributed by atoms with Gasteiger partial charge in [0.25, 0.3) is 5.56 Å². The zero-order valence-electron chi connectivity index (χ0n) is 19.1. The number of carbonyl (C=O) groups is 1. The first-order valence-electron chi connectivity index (χ1n) is 11.3. The third-order valence-electron chi connectivity index (χ3n) is 5.93. The van der Waals surface area contributed by atoms with Gasteiger partial charge >= 0.3 is 6.09 Å². The van der Waals surface area contributed by atoms with E-state index in [1.165, 1.54) is 6.07 Å². The van der Waals surface area contributed by atoms with Crippen LogP contribution in [0, 0.1) is 0 Å². The van der Waals surface area contributed by atoms with Crippen molar-refractivity contribution in [1.82, 2.24) is 9.47 Å². The first-order chi connectivity index (χ1) is 16.5. The first kappa shape index (κ1) is 23.4. The van der Waals surface area contributed by atoms with Gasteiger partial charge in [0.1, 0.15) is 11.5 Å². The summed E-state index contributed by atoms with van der Waals surface area (Å²) in [5.74, 6) is 0.730. The molecular weight excluding hydrogens is 441 g/mol. The lowest BCUT2D eigenvalue weighted by Crippen LogP contribution is -2.35. The molecule has 1 N–H and O–H groups in total. The van der Waals surface area contributed by atoms with Gasteiger partial charge in [-0.1, -0.05) is 0 Å². The van der Waals surface area contributed by atoms with E-state index in [1.54, 1.807) is 41.0 Å². The number of hydrogen-bond donors (Lipinski definition) is 1. The number of amides is 1. The van der Waals surface area contributed by atoms with Gasteiger partial charge in [-0.05, 0) is 48.2 Å². The quantitative estimate of drug-likeness (QED) is 0.554. The maximum Gasteiger partial charge on any atom is 0.409 e. The van der Waals surface area contributed by atoms with Gasteiger partial charge in [0.05, 0.1) is 31.8 Å². The average molecular weight is 470 g/mol. The standard InChI is InChI=1S/C25H28FN3O5/c1-33-23-17-19(29-12-8-18-16-20(30)5-6-21(18)24(29)31)4-7-22(23)27-10-3-11-28(14-13-27)25(32)34-15-2-9-26/h4-8,12,16-17,30H,2-3,9-11,13-15H2,1H3. The molecule has 0 unspecified atom stereocenters. The number of aromatic hydroxyl groups is 1. The molecule has 1 aliphatic rings. The van der Waals surface area contributed by atoms with Crippen LogP contribution in [0.15, 0.2) is 53.5 Å². The van der Waals surface area contributed by atoms with E-state index in [0.717, 1.165) is 18.7 Å². The smallest absolute Gasteiger partial charge is 0.409 e. The SMILES string of the molecule is COc1cc(-n2ccc3cc(O)ccc3c2=O)ccc1N1CCCN(C(=O)OCCCF)CC1. The molecule has 0 spiro atoms. The van der Waals surface area contributed by atoms with Crippen LogP contribution in [0.5, 0.6) is 11.5 Å². The number of ether oxygens (including phenoxy) is 2. The van der Waals surface area contributed by atoms with Gasteiger partial charge < -0.3 is 24.4 Å². The van der Waals surface area contributed by atoms with Crippen LogP contribution in [0.1, 0.15) is 12.8 Å². The van der Waals surface area contributed by atoms with E-state index in [1.807, 2.05) is 18.2 Å². The van der Waals surface area contributed by atoms with Gasteiger partial charge in [0, 0.05) is 50.2 Å². The minimum absolute atomic E-state index is 0.0835. The van der Waals surface area contributed by atoms with Crippen LogP contribution < -0.4 is 15.2 Å². The highest BCUT2D eigenvalue weighted by molar-refractivity contribution is 5.83. The predicted octanol–water partition coefficient (Wildman–Crippen LogP) is 3.71. The molecule has 8 nitrogen and oxygen atoms in total. The van der Waals surface area contributed by atoms with E-state index in [0.29, 0.717) is 41.8 Å². The molecule has 4 rings (SSSR count). The molecule has 0 bridgehead atoms. The van der Waals surface area contributed by atoms with Crippen LogP contribution in [0.3, 0.4) is 0 Å².